The second-order valence-electron chi connectivity index (χ2n) is 3.49. The Kier molecular flexibility index (Phi) is 1.83. The molecular formula is C7H11F2N5. The van der Waals surface area contributed by atoms with Gasteiger partial charge in [-0.2, -0.15) is 0 Å². The molecule has 14 heavy (non-hydrogen) atoms. The van der Waals surface area contributed by atoms with Crippen molar-refractivity contribution < 1.29 is 8.78 Å². The van der Waals surface area contributed by atoms with Gasteiger partial charge in [0, 0.05) is 6.42 Å². The van der Waals surface area contributed by atoms with Gasteiger partial charge in [-0.15, -0.1) is 10.2 Å². The molecule has 0 saturated heterocycles. The smallest absolute Gasteiger partial charge is 0.258 e. The van der Waals surface area contributed by atoms with Crippen LogP contribution in [0.3, 0.4) is 0 Å². The first-order valence-electron chi connectivity index (χ1n) is 4.36. The molecule has 1 aliphatic carbocycles. The average molecular weight is 203 g/mol. The zero-order valence-electron chi connectivity index (χ0n) is 7.45. The third-order valence-corrected chi connectivity index (χ3v) is 2.57. The van der Waals surface area contributed by atoms with Crippen molar-refractivity contribution in [2.45, 2.75) is 31.1 Å². The second kappa shape index (κ2) is 2.79. The van der Waals surface area contributed by atoms with Gasteiger partial charge in [-0.05, 0) is 12.8 Å². The van der Waals surface area contributed by atoms with Gasteiger partial charge in [0.25, 0.3) is 5.92 Å². The van der Waals surface area contributed by atoms with Crippen LogP contribution < -0.4 is 11.6 Å². The van der Waals surface area contributed by atoms with E-state index in [0.717, 1.165) is 4.68 Å². The van der Waals surface area contributed by atoms with E-state index >= 15 is 0 Å². The van der Waals surface area contributed by atoms with Crippen molar-refractivity contribution >= 4 is 5.95 Å². The summed E-state index contributed by atoms with van der Waals surface area (Å²) in [6.07, 6.45) is 0.733. The van der Waals surface area contributed by atoms with Crippen molar-refractivity contribution in [1.29, 1.82) is 0 Å². The van der Waals surface area contributed by atoms with Gasteiger partial charge in [0.1, 0.15) is 0 Å². The Labute approximate surface area is 79.1 Å². The first-order valence-corrected chi connectivity index (χ1v) is 4.36. The summed E-state index contributed by atoms with van der Waals surface area (Å²) in [6, 6.07) is 0. The van der Waals surface area contributed by atoms with Crippen LogP contribution in [-0.4, -0.2) is 20.8 Å². The number of rotatable bonds is 1. The van der Waals surface area contributed by atoms with Gasteiger partial charge in [0.2, 0.25) is 5.95 Å². The monoisotopic (exact) mass is 203 g/mol. The SMILES string of the molecule is Nc1nnc(C2CCCC2(F)F)n1N. The molecule has 0 aromatic carbocycles. The average Bonchev–Trinajstić information content (AvgIpc) is 2.59. The molecule has 7 heteroatoms. The molecule has 1 saturated carbocycles. The van der Waals surface area contributed by atoms with Gasteiger partial charge >= 0.3 is 0 Å². The molecule has 1 unspecified atom stereocenters. The number of hydrogen-bond donors (Lipinski definition) is 2. The molecule has 1 aromatic rings. The second-order valence-corrected chi connectivity index (χ2v) is 3.49. The number of nitrogens with two attached hydrogens (primary N) is 2. The molecule has 0 radical (unpaired) electrons. The zero-order valence-corrected chi connectivity index (χ0v) is 7.45. The molecule has 1 aliphatic rings. The fraction of sp³-hybridized carbons (Fsp3) is 0.714. The lowest BCUT2D eigenvalue weighted by molar-refractivity contribution is -0.0118. The number of hydrogen-bond acceptors (Lipinski definition) is 4. The predicted octanol–water partition coefficient (Wildman–Crippen LogP) is 0.477. The third-order valence-electron chi connectivity index (χ3n) is 2.57. The van der Waals surface area contributed by atoms with Crippen molar-refractivity contribution in [2.24, 2.45) is 0 Å². The molecule has 2 rings (SSSR count). The van der Waals surface area contributed by atoms with E-state index in [-0.39, 0.29) is 18.2 Å². The third kappa shape index (κ3) is 1.19. The molecule has 4 N–H and O–H groups in total. The number of nitrogen functional groups attached to an aromatic ring is 2. The molecule has 1 aromatic heterocycles. The predicted molar refractivity (Wildman–Crippen MR) is 46.1 cm³/mol. The van der Waals surface area contributed by atoms with Crippen molar-refractivity contribution in [3.05, 3.63) is 5.82 Å². The maximum Gasteiger partial charge on any atom is 0.258 e. The van der Waals surface area contributed by atoms with Crippen LogP contribution in [0.1, 0.15) is 31.0 Å². The summed E-state index contributed by atoms with van der Waals surface area (Å²) in [6.45, 7) is 0. The normalized spacial score (nSPS) is 25.4. The van der Waals surface area contributed by atoms with E-state index in [2.05, 4.69) is 10.2 Å². The van der Waals surface area contributed by atoms with Gasteiger partial charge in [-0.3, -0.25) is 0 Å². The van der Waals surface area contributed by atoms with E-state index in [1.54, 1.807) is 0 Å². The molecule has 0 spiro atoms. The summed E-state index contributed by atoms with van der Waals surface area (Å²) in [4.78, 5) is 0. The molecule has 0 bridgehead atoms. The number of aromatic nitrogens is 3. The van der Waals surface area contributed by atoms with Gasteiger partial charge in [0.15, 0.2) is 5.82 Å². The van der Waals surface area contributed by atoms with E-state index in [9.17, 15) is 8.78 Å². The lowest BCUT2D eigenvalue weighted by Gasteiger charge is -2.17. The maximum atomic E-state index is 13.3. The van der Waals surface area contributed by atoms with Crippen LogP contribution in [0.5, 0.6) is 0 Å². The topological polar surface area (TPSA) is 82.8 Å². The largest absolute Gasteiger partial charge is 0.366 e. The summed E-state index contributed by atoms with van der Waals surface area (Å²) in [5.74, 6) is 1.79. The minimum absolute atomic E-state index is 0.0392. The highest BCUT2D eigenvalue weighted by atomic mass is 19.3. The number of alkyl halides is 2. The molecule has 1 atom stereocenters. The lowest BCUT2D eigenvalue weighted by Crippen LogP contribution is -2.26. The molecule has 1 heterocycles. The summed E-state index contributed by atoms with van der Waals surface area (Å²) in [5, 5.41) is 7.03. The Hall–Kier alpha value is -1.40. The van der Waals surface area contributed by atoms with Crippen LogP contribution in [-0.2, 0) is 0 Å². The van der Waals surface area contributed by atoms with E-state index < -0.39 is 11.8 Å². The first kappa shape index (κ1) is 9.17. The Morgan fingerprint density at radius 3 is 2.57 bits per heavy atom. The van der Waals surface area contributed by atoms with Gasteiger partial charge in [-0.25, -0.2) is 13.5 Å². The summed E-state index contributed by atoms with van der Waals surface area (Å²) < 4.78 is 27.5. The minimum Gasteiger partial charge on any atom is -0.366 e. The highest BCUT2D eigenvalue weighted by Gasteiger charge is 2.47. The molecule has 5 nitrogen and oxygen atoms in total. The standard InChI is InChI=1S/C7H11F2N5/c8-7(9)3-1-2-4(7)5-12-13-6(10)14(5)11/h4H,1-3,11H2,(H2,10,13). The Balaban J connectivity index is 2.36. The molecule has 1 fully saturated rings. The summed E-state index contributed by atoms with van der Waals surface area (Å²) in [5.41, 5.74) is 5.32. The number of nitrogens with zero attached hydrogens (tertiary/aromatic N) is 3. The zero-order chi connectivity index (χ0) is 10.3. The fourth-order valence-corrected chi connectivity index (χ4v) is 1.80. The van der Waals surface area contributed by atoms with E-state index in [1.807, 2.05) is 0 Å². The quantitative estimate of drug-likeness (QED) is 0.650. The minimum atomic E-state index is -2.74. The van der Waals surface area contributed by atoms with E-state index in [4.69, 9.17) is 11.6 Å². The van der Waals surface area contributed by atoms with E-state index in [0.29, 0.717) is 12.8 Å². The Bertz CT molecular complexity index is 348. The number of anilines is 1. The van der Waals surface area contributed by atoms with Crippen molar-refractivity contribution in [3.8, 4) is 0 Å². The Morgan fingerprint density at radius 2 is 2.14 bits per heavy atom. The van der Waals surface area contributed by atoms with Crippen LogP contribution >= 0.6 is 0 Å². The molecule has 0 amide bonds. The van der Waals surface area contributed by atoms with Crippen LogP contribution in [0.25, 0.3) is 0 Å². The number of halogens is 2. The van der Waals surface area contributed by atoms with Crippen molar-refractivity contribution in [1.82, 2.24) is 14.9 Å². The van der Waals surface area contributed by atoms with Gasteiger partial charge in [-0.1, -0.05) is 0 Å². The fourth-order valence-electron chi connectivity index (χ4n) is 1.80. The lowest BCUT2D eigenvalue weighted by atomic mass is 10.0. The van der Waals surface area contributed by atoms with Crippen LogP contribution in [0.4, 0.5) is 14.7 Å². The van der Waals surface area contributed by atoms with Crippen LogP contribution in [0, 0.1) is 0 Å². The summed E-state index contributed by atoms with van der Waals surface area (Å²) in [7, 11) is 0. The molecule has 0 aliphatic heterocycles. The summed E-state index contributed by atoms with van der Waals surface area (Å²) >= 11 is 0. The van der Waals surface area contributed by atoms with Gasteiger partial charge in [0.05, 0.1) is 5.92 Å². The molecule has 78 valence electrons. The van der Waals surface area contributed by atoms with E-state index in [1.165, 1.54) is 0 Å². The van der Waals surface area contributed by atoms with Crippen LogP contribution in [0.2, 0.25) is 0 Å². The highest BCUT2D eigenvalue weighted by molar-refractivity contribution is 5.21. The highest BCUT2D eigenvalue weighted by Crippen LogP contribution is 2.45. The Morgan fingerprint density at radius 1 is 1.43 bits per heavy atom. The first-order chi connectivity index (χ1) is 6.52. The van der Waals surface area contributed by atoms with Crippen molar-refractivity contribution in [3.63, 3.8) is 0 Å². The van der Waals surface area contributed by atoms with Crippen LogP contribution in [0.15, 0.2) is 0 Å². The van der Waals surface area contributed by atoms with Gasteiger partial charge < -0.3 is 11.6 Å². The maximum absolute atomic E-state index is 13.3. The van der Waals surface area contributed by atoms with Crippen molar-refractivity contribution in [2.75, 3.05) is 11.6 Å². The molecular weight excluding hydrogens is 192 g/mol.